The Bertz CT molecular complexity index is 129. The van der Waals surface area contributed by atoms with E-state index in [9.17, 15) is 4.79 Å². The summed E-state index contributed by atoms with van der Waals surface area (Å²) in [7, 11) is 0. The van der Waals surface area contributed by atoms with E-state index in [1.54, 1.807) is 0 Å². The molecule has 0 heterocycles. The monoisotopic (exact) mass is 128 g/mol. The van der Waals surface area contributed by atoms with Crippen LogP contribution in [-0.2, 0) is 4.79 Å². The molecule has 0 saturated heterocycles. The Hall–Kier alpha value is -0.420. The molecule has 2 heteroatoms. The standard InChI is InChI=1S/C6H8OS/c1-3-8-5-4-6(2)7/h3H2,1-2H3. The summed E-state index contributed by atoms with van der Waals surface area (Å²) in [6, 6.07) is 0. The summed E-state index contributed by atoms with van der Waals surface area (Å²) in [5.41, 5.74) is 0. The van der Waals surface area contributed by atoms with Crippen molar-refractivity contribution >= 4 is 17.5 Å². The predicted molar refractivity (Wildman–Crippen MR) is 36.6 cm³/mol. The molecule has 0 amide bonds. The second-order valence-corrected chi connectivity index (χ2v) is 2.29. The van der Waals surface area contributed by atoms with Crippen LogP contribution in [0.15, 0.2) is 0 Å². The molecule has 0 unspecified atom stereocenters. The van der Waals surface area contributed by atoms with Gasteiger partial charge < -0.3 is 0 Å². The lowest BCUT2D eigenvalue weighted by atomic mass is 10.5. The first-order chi connectivity index (χ1) is 3.77. The zero-order valence-electron chi connectivity index (χ0n) is 5.02. The molecule has 0 rings (SSSR count). The van der Waals surface area contributed by atoms with Gasteiger partial charge in [0.2, 0.25) is 5.78 Å². The number of thioether (sulfide) groups is 1. The minimum atomic E-state index is -0.0639. The molecule has 44 valence electrons. The minimum absolute atomic E-state index is 0.0639. The molecule has 0 atom stereocenters. The number of carbonyl (C=O) groups excluding carboxylic acids is 1. The van der Waals surface area contributed by atoms with Crippen LogP contribution in [0.3, 0.4) is 0 Å². The molecule has 0 aromatic rings. The largest absolute Gasteiger partial charge is 0.285 e. The van der Waals surface area contributed by atoms with Crippen LogP contribution in [-0.4, -0.2) is 11.5 Å². The van der Waals surface area contributed by atoms with Crippen molar-refractivity contribution in [3.8, 4) is 11.2 Å². The molecule has 0 aliphatic heterocycles. The summed E-state index contributed by atoms with van der Waals surface area (Å²) in [4.78, 5) is 10.1. The lowest BCUT2D eigenvalue weighted by Gasteiger charge is -1.74. The Kier molecular flexibility index (Phi) is 4.48. The summed E-state index contributed by atoms with van der Waals surface area (Å²) in [5.74, 6) is 3.30. The van der Waals surface area contributed by atoms with Crippen LogP contribution in [0.5, 0.6) is 0 Å². The van der Waals surface area contributed by atoms with Gasteiger partial charge in [0.25, 0.3) is 0 Å². The topological polar surface area (TPSA) is 17.1 Å². The van der Waals surface area contributed by atoms with Crippen LogP contribution in [0.25, 0.3) is 0 Å². The van der Waals surface area contributed by atoms with Crippen LogP contribution in [0, 0.1) is 11.2 Å². The van der Waals surface area contributed by atoms with Gasteiger partial charge >= 0.3 is 0 Å². The Morgan fingerprint density at radius 2 is 2.38 bits per heavy atom. The molecule has 0 fully saturated rings. The first-order valence-electron chi connectivity index (χ1n) is 2.40. The number of hydrogen-bond acceptors (Lipinski definition) is 2. The van der Waals surface area contributed by atoms with Gasteiger partial charge in [-0.3, -0.25) is 4.79 Å². The van der Waals surface area contributed by atoms with E-state index in [1.807, 2.05) is 6.92 Å². The van der Waals surface area contributed by atoms with Crippen LogP contribution in [0.2, 0.25) is 0 Å². The van der Waals surface area contributed by atoms with E-state index in [0.29, 0.717) is 0 Å². The molecule has 1 nitrogen and oxygen atoms in total. The quantitative estimate of drug-likeness (QED) is 0.495. The fourth-order valence-corrected chi connectivity index (χ4v) is 0.540. The van der Waals surface area contributed by atoms with Crippen molar-refractivity contribution in [2.45, 2.75) is 13.8 Å². The smallest absolute Gasteiger partial charge is 0.203 e. The van der Waals surface area contributed by atoms with Gasteiger partial charge in [-0.25, -0.2) is 0 Å². The van der Waals surface area contributed by atoms with Crippen molar-refractivity contribution < 1.29 is 4.79 Å². The minimum Gasteiger partial charge on any atom is -0.285 e. The van der Waals surface area contributed by atoms with Crippen LogP contribution < -0.4 is 0 Å². The summed E-state index contributed by atoms with van der Waals surface area (Å²) in [6.07, 6.45) is 0. The number of hydrogen-bond donors (Lipinski definition) is 0. The van der Waals surface area contributed by atoms with Gasteiger partial charge in [-0.1, -0.05) is 18.7 Å². The average Bonchev–Trinajstić information content (AvgIpc) is 1.66. The molecular formula is C6H8OS. The van der Waals surface area contributed by atoms with E-state index in [4.69, 9.17) is 0 Å². The lowest BCUT2D eigenvalue weighted by Crippen LogP contribution is -1.78. The Morgan fingerprint density at radius 3 is 2.75 bits per heavy atom. The Balaban J connectivity index is 3.35. The Morgan fingerprint density at radius 1 is 1.75 bits per heavy atom. The lowest BCUT2D eigenvalue weighted by molar-refractivity contribution is -0.111. The van der Waals surface area contributed by atoms with Crippen molar-refractivity contribution in [2.24, 2.45) is 0 Å². The zero-order chi connectivity index (χ0) is 6.41. The van der Waals surface area contributed by atoms with Gasteiger partial charge in [0, 0.05) is 12.7 Å². The van der Waals surface area contributed by atoms with Gasteiger partial charge in [-0.05, 0) is 11.2 Å². The van der Waals surface area contributed by atoms with Crippen molar-refractivity contribution in [2.75, 3.05) is 5.75 Å². The molecule has 0 aliphatic rings. The molecule has 0 radical (unpaired) electrons. The third-order valence-electron chi connectivity index (χ3n) is 0.444. The van der Waals surface area contributed by atoms with Crippen LogP contribution in [0.1, 0.15) is 13.8 Å². The van der Waals surface area contributed by atoms with Crippen LogP contribution >= 0.6 is 11.8 Å². The maximum atomic E-state index is 10.1. The molecule has 8 heavy (non-hydrogen) atoms. The number of rotatable bonds is 1. The first kappa shape index (κ1) is 7.58. The maximum absolute atomic E-state index is 10.1. The molecule has 0 aromatic heterocycles. The van der Waals surface area contributed by atoms with E-state index in [-0.39, 0.29) is 5.78 Å². The molecule has 0 bridgehead atoms. The number of ketones is 1. The highest BCUT2D eigenvalue weighted by molar-refractivity contribution is 8.03. The third-order valence-corrected chi connectivity index (χ3v) is 0.979. The molecule has 0 spiro atoms. The van der Waals surface area contributed by atoms with E-state index in [2.05, 4.69) is 11.2 Å². The molecule has 0 saturated carbocycles. The van der Waals surface area contributed by atoms with Gasteiger partial charge in [-0.15, -0.1) is 0 Å². The number of Topliss-reactive ketones (excluding diaryl/α,β-unsaturated/α-hetero) is 1. The van der Waals surface area contributed by atoms with Crippen molar-refractivity contribution in [3.63, 3.8) is 0 Å². The highest BCUT2D eigenvalue weighted by atomic mass is 32.2. The Labute approximate surface area is 53.8 Å². The zero-order valence-corrected chi connectivity index (χ0v) is 5.84. The molecule has 0 aliphatic carbocycles. The fourth-order valence-electron chi connectivity index (χ4n) is 0.180. The molecular weight excluding hydrogens is 120 g/mol. The van der Waals surface area contributed by atoms with Crippen LogP contribution in [0.4, 0.5) is 0 Å². The normalized spacial score (nSPS) is 7.25. The van der Waals surface area contributed by atoms with Gasteiger partial charge in [0.05, 0.1) is 0 Å². The third kappa shape index (κ3) is 5.58. The van der Waals surface area contributed by atoms with Crippen molar-refractivity contribution in [1.82, 2.24) is 0 Å². The fraction of sp³-hybridized carbons (Fsp3) is 0.500. The first-order valence-corrected chi connectivity index (χ1v) is 3.39. The second-order valence-electron chi connectivity index (χ2n) is 1.22. The van der Waals surface area contributed by atoms with Gasteiger partial charge in [0.1, 0.15) is 0 Å². The van der Waals surface area contributed by atoms with E-state index >= 15 is 0 Å². The number of carbonyl (C=O) groups is 1. The SMILES string of the molecule is CCSC#CC(C)=O. The highest BCUT2D eigenvalue weighted by Crippen LogP contribution is 1.91. The predicted octanol–water partition coefficient (Wildman–Crippen LogP) is 1.29. The summed E-state index contributed by atoms with van der Waals surface area (Å²) < 4.78 is 0. The summed E-state index contributed by atoms with van der Waals surface area (Å²) >= 11 is 1.45. The van der Waals surface area contributed by atoms with Crippen molar-refractivity contribution in [3.05, 3.63) is 0 Å². The van der Waals surface area contributed by atoms with E-state index < -0.39 is 0 Å². The van der Waals surface area contributed by atoms with Gasteiger partial charge in [0.15, 0.2) is 0 Å². The molecule has 0 N–H and O–H groups in total. The summed E-state index contributed by atoms with van der Waals surface area (Å²) in [6.45, 7) is 3.46. The maximum Gasteiger partial charge on any atom is 0.203 e. The second kappa shape index (κ2) is 4.73. The molecule has 0 aromatic carbocycles. The van der Waals surface area contributed by atoms with E-state index in [1.165, 1.54) is 18.7 Å². The van der Waals surface area contributed by atoms with Crippen molar-refractivity contribution in [1.29, 1.82) is 0 Å². The summed E-state index contributed by atoms with van der Waals surface area (Å²) in [5, 5.41) is 2.65. The highest BCUT2D eigenvalue weighted by Gasteiger charge is 1.76. The van der Waals surface area contributed by atoms with E-state index in [0.717, 1.165) is 5.75 Å². The average molecular weight is 128 g/mol. The van der Waals surface area contributed by atoms with Gasteiger partial charge in [-0.2, -0.15) is 0 Å².